The first kappa shape index (κ1) is 14.4. The summed E-state index contributed by atoms with van der Waals surface area (Å²) < 4.78 is 9.69. The van der Waals surface area contributed by atoms with E-state index in [9.17, 15) is 4.79 Å². The van der Waals surface area contributed by atoms with Crippen molar-refractivity contribution in [1.82, 2.24) is 4.57 Å². The monoisotopic (exact) mass is 363 g/mol. The minimum atomic E-state index is 0.0977. The van der Waals surface area contributed by atoms with E-state index in [4.69, 9.17) is 4.74 Å². The lowest BCUT2D eigenvalue weighted by Crippen LogP contribution is -2.15. The highest BCUT2D eigenvalue weighted by Gasteiger charge is 2.08. The van der Waals surface area contributed by atoms with Crippen LogP contribution in [0.1, 0.15) is 5.69 Å². The molecule has 3 nitrogen and oxygen atoms in total. The third kappa shape index (κ3) is 2.89. The Labute approximate surface area is 134 Å². The standard InChI is InChI=1S/C16H14BrNO2S/c1-11-10-14(19)16-13(6-9-21-16)18(11)7-8-20-15-5-3-2-4-12(15)17/h2-6,9-10H,7-8H2,1H3. The van der Waals surface area contributed by atoms with Gasteiger partial charge in [0.1, 0.15) is 12.4 Å². The van der Waals surface area contributed by atoms with Gasteiger partial charge in [-0.15, -0.1) is 11.3 Å². The van der Waals surface area contributed by atoms with Crippen molar-refractivity contribution in [1.29, 1.82) is 0 Å². The molecular weight excluding hydrogens is 350 g/mol. The Morgan fingerprint density at radius 3 is 2.90 bits per heavy atom. The number of thiophene rings is 1. The molecule has 0 aliphatic carbocycles. The number of benzene rings is 1. The van der Waals surface area contributed by atoms with E-state index >= 15 is 0 Å². The van der Waals surface area contributed by atoms with Gasteiger partial charge in [0.15, 0.2) is 5.43 Å². The lowest BCUT2D eigenvalue weighted by Gasteiger charge is -2.14. The minimum Gasteiger partial charge on any atom is -0.491 e. The third-order valence-corrected chi connectivity index (χ3v) is 4.91. The average molecular weight is 364 g/mol. The van der Waals surface area contributed by atoms with Crippen LogP contribution in [-0.4, -0.2) is 11.2 Å². The van der Waals surface area contributed by atoms with E-state index in [1.165, 1.54) is 11.3 Å². The second-order valence-electron chi connectivity index (χ2n) is 4.72. The van der Waals surface area contributed by atoms with Gasteiger partial charge in [-0.25, -0.2) is 0 Å². The maximum Gasteiger partial charge on any atom is 0.199 e. The molecule has 2 aromatic heterocycles. The second-order valence-corrected chi connectivity index (χ2v) is 6.49. The highest BCUT2D eigenvalue weighted by Crippen LogP contribution is 2.24. The van der Waals surface area contributed by atoms with Crippen LogP contribution >= 0.6 is 27.3 Å². The van der Waals surface area contributed by atoms with Crippen LogP contribution in [0, 0.1) is 6.92 Å². The molecule has 3 aromatic rings. The van der Waals surface area contributed by atoms with Crippen LogP contribution in [0.25, 0.3) is 10.2 Å². The Hall–Kier alpha value is -1.59. The molecule has 0 unspecified atom stereocenters. The van der Waals surface area contributed by atoms with Gasteiger partial charge in [-0.2, -0.15) is 0 Å². The molecule has 0 bridgehead atoms. The summed E-state index contributed by atoms with van der Waals surface area (Å²) >= 11 is 4.96. The molecule has 0 N–H and O–H groups in total. The summed E-state index contributed by atoms with van der Waals surface area (Å²) in [4.78, 5) is 11.9. The Morgan fingerprint density at radius 1 is 1.29 bits per heavy atom. The van der Waals surface area contributed by atoms with Crippen LogP contribution in [0.4, 0.5) is 0 Å². The van der Waals surface area contributed by atoms with Gasteiger partial charge in [-0.1, -0.05) is 12.1 Å². The van der Waals surface area contributed by atoms with Crippen molar-refractivity contribution in [2.24, 2.45) is 0 Å². The van der Waals surface area contributed by atoms with E-state index in [1.807, 2.05) is 42.6 Å². The first-order chi connectivity index (χ1) is 10.2. The topological polar surface area (TPSA) is 31.2 Å². The quantitative estimate of drug-likeness (QED) is 0.694. The number of para-hydroxylation sites is 1. The smallest absolute Gasteiger partial charge is 0.199 e. The first-order valence-corrected chi connectivity index (χ1v) is 8.29. The summed E-state index contributed by atoms with van der Waals surface area (Å²) in [5.41, 5.74) is 2.04. The van der Waals surface area contributed by atoms with Crippen LogP contribution in [0.2, 0.25) is 0 Å². The zero-order valence-electron chi connectivity index (χ0n) is 11.5. The lowest BCUT2D eigenvalue weighted by atomic mass is 10.3. The zero-order valence-corrected chi connectivity index (χ0v) is 13.9. The maximum absolute atomic E-state index is 11.9. The molecule has 0 fully saturated rings. The number of fused-ring (bicyclic) bond motifs is 1. The van der Waals surface area contributed by atoms with Crippen molar-refractivity contribution in [2.75, 3.05) is 6.61 Å². The number of rotatable bonds is 4. The molecule has 3 rings (SSSR count). The van der Waals surface area contributed by atoms with Crippen LogP contribution in [0.5, 0.6) is 5.75 Å². The number of ether oxygens (including phenoxy) is 1. The summed E-state index contributed by atoms with van der Waals surface area (Å²) in [6, 6.07) is 11.5. The third-order valence-electron chi connectivity index (χ3n) is 3.33. The van der Waals surface area contributed by atoms with Gasteiger partial charge in [0, 0.05) is 11.8 Å². The van der Waals surface area contributed by atoms with Crippen LogP contribution in [0.15, 0.2) is 51.0 Å². The zero-order chi connectivity index (χ0) is 14.8. The SMILES string of the molecule is Cc1cc(=O)c2sccc2n1CCOc1ccccc1Br. The van der Waals surface area contributed by atoms with E-state index < -0.39 is 0 Å². The van der Waals surface area contributed by atoms with Crippen molar-refractivity contribution in [2.45, 2.75) is 13.5 Å². The highest BCUT2D eigenvalue weighted by atomic mass is 79.9. The fourth-order valence-electron chi connectivity index (χ4n) is 2.33. The Balaban J connectivity index is 1.81. The van der Waals surface area contributed by atoms with Gasteiger partial charge in [-0.05, 0) is 46.4 Å². The summed E-state index contributed by atoms with van der Waals surface area (Å²) in [6.45, 7) is 3.22. The predicted molar refractivity (Wildman–Crippen MR) is 90.5 cm³/mol. The van der Waals surface area contributed by atoms with Crippen molar-refractivity contribution in [3.8, 4) is 5.75 Å². The Morgan fingerprint density at radius 2 is 2.10 bits per heavy atom. The molecule has 2 heterocycles. The summed E-state index contributed by atoms with van der Waals surface area (Å²) in [6.07, 6.45) is 0. The van der Waals surface area contributed by atoms with E-state index in [0.717, 1.165) is 26.1 Å². The fourth-order valence-corrected chi connectivity index (χ4v) is 3.53. The molecule has 0 atom stereocenters. The number of aromatic nitrogens is 1. The summed E-state index contributed by atoms with van der Waals surface area (Å²) in [7, 11) is 0. The molecule has 0 saturated carbocycles. The molecule has 0 aliphatic rings. The molecule has 1 aromatic carbocycles. The van der Waals surface area contributed by atoms with Gasteiger partial charge in [0.05, 0.1) is 21.2 Å². The van der Waals surface area contributed by atoms with E-state index in [2.05, 4.69) is 20.5 Å². The Bertz CT molecular complexity index is 838. The second kappa shape index (κ2) is 6.03. The number of nitrogens with zero attached hydrogens (tertiary/aromatic N) is 1. The molecule has 0 amide bonds. The maximum atomic E-state index is 11.9. The summed E-state index contributed by atoms with van der Waals surface area (Å²) in [5, 5.41) is 1.96. The van der Waals surface area contributed by atoms with Gasteiger partial charge in [0.2, 0.25) is 0 Å². The predicted octanol–water partition coefficient (Wildman–Crippen LogP) is 4.21. The first-order valence-electron chi connectivity index (χ1n) is 6.62. The van der Waals surface area contributed by atoms with Crippen LogP contribution in [-0.2, 0) is 6.54 Å². The van der Waals surface area contributed by atoms with Crippen LogP contribution in [0.3, 0.4) is 0 Å². The lowest BCUT2D eigenvalue weighted by molar-refractivity contribution is 0.297. The largest absolute Gasteiger partial charge is 0.491 e. The van der Waals surface area contributed by atoms with Gasteiger partial charge in [-0.3, -0.25) is 4.79 Å². The Kier molecular flexibility index (Phi) is 4.12. The number of pyridine rings is 1. The van der Waals surface area contributed by atoms with Gasteiger partial charge in [0.25, 0.3) is 0 Å². The average Bonchev–Trinajstić information content (AvgIpc) is 2.94. The molecular formula is C16H14BrNO2S. The molecule has 0 spiro atoms. The van der Waals surface area contributed by atoms with E-state index in [-0.39, 0.29) is 5.43 Å². The van der Waals surface area contributed by atoms with Crippen LogP contribution < -0.4 is 10.2 Å². The fraction of sp³-hybridized carbons (Fsp3) is 0.188. The van der Waals surface area contributed by atoms with Gasteiger partial charge < -0.3 is 9.30 Å². The van der Waals surface area contributed by atoms with Crippen molar-refractivity contribution >= 4 is 37.5 Å². The van der Waals surface area contributed by atoms with Crippen molar-refractivity contribution in [3.05, 3.63) is 62.2 Å². The highest BCUT2D eigenvalue weighted by molar-refractivity contribution is 9.10. The molecule has 108 valence electrons. The normalized spacial score (nSPS) is 11.0. The summed E-state index contributed by atoms with van der Waals surface area (Å²) in [5.74, 6) is 0.831. The molecule has 21 heavy (non-hydrogen) atoms. The molecule has 5 heteroatoms. The number of halogens is 1. The number of hydrogen-bond donors (Lipinski definition) is 0. The van der Waals surface area contributed by atoms with E-state index in [1.54, 1.807) is 6.07 Å². The van der Waals surface area contributed by atoms with E-state index in [0.29, 0.717) is 13.2 Å². The van der Waals surface area contributed by atoms with Gasteiger partial charge >= 0.3 is 0 Å². The minimum absolute atomic E-state index is 0.0977. The molecule has 0 radical (unpaired) electrons. The van der Waals surface area contributed by atoms with Crippen molar-refractivity contribution < 1.29 is 4.74 Å². The number of hydrogen-bond acceptors (Lipinski definition) is 3. The molecule has 0 saturated heterocycles. The molecule has 0 aliphatic heterocycles. The van der Waals surface area contributed by atoms with Crippen molar-refractivity contribution in [3.63, 3.8) is 0 Å². The number of aryl methyl sites for hydroxylation is 1.